The largest absolute Gasteiger partial charge is 0.352 e. The molecule has 2 aliphatic rings. The molecule has 1 saturated heterocycles. The molecule has 4 rings (SSSR count). The molecule has 0 unspecified atom stereocenters. The number of carbonyl (C=O) groups is 2. The van der Waals surface area contributed by atoms with Crippen molar-refractivity contribution in [3.8, 4) is 0 Å². The molecular weight excluding hydrogens is 350 g/mol. The maximum atomic E-state index is 12.9. The van der Waals surface area contributed by atoms with E-state index >= 15 is 0 Å². The van der Waals surface area contributed by atoms with Crippen molar-refractivity contribution in [2.75, 3.05) is 19.6 Å². The van der Waals surface area contributed by atoms with Gasteiger partial charge in [-0.05, 0) is 55.9 Å². The maximum Gasteiger partial charge on any atom is 0.252 e. The van der Waals surface area contributed by atoms with Gasteiger partial charge < -0.3 is 10.2 Å². The lowest BCUT2D eigenvalue weighted by Gasteiger charge is -2.16. The Hall–Kier alpha value is -2.14. The number of likely N-dealkylation sites (tertiary alicyclic amines) is 1. The van der Waals surface area contributed by atoms with Gasteiger partial charge in [-0.3, -0.25) is 14.6 Å². The lowest BCUT2D eigenvalue weighted by Crippen LogP contribution is -2.31. The Morgan fingerprint density at radius 2 is 2.12 bits per heavy atom. The van der Waals surface area contributed by atoms with Crippen LogP contribution >= 0.6 is 11.6 Å². The summed E-state index contributed by atoms with van der Waals surface area (Å²) < 4.78 is 0. The summed E-state index contributed by atoms with van der Waals surface area (Å²) in [7, 11) is 0. The lowest BCUT2D eigenvalue weighted by molar-refractivity contribution is -0.127. The average Bonchev–Trinajstić information content (AvgIpc) is 3.25. The van der Waals surface area contributed by atoms with Gasteiger partial charge in [0.15, 0.2) is 0 Å². The van der Waals surface area contributed by atoms with E-state index < -0.39 is 0 Å². The number of halogens is 1. The number of nitrogens with one attached hydrogen (secondary N) is 1. The summed E-state index contributed by atoms with van der Waals surface area (Å²) in [6.45, 7) is 2.11. The fourth-order valence-electron chi connectivity index (χ4n) is 3.99. The highest BCUT2D eigenvalue weighted by atomic mass is 35.5. The fourth-order valence-corrected chi connectivity index (χ4v) is 4.17. The Bertz CT molecular complexity index is 881. The van der Waals surface area contributed by atoms with Crippen molar-refractivity contribution >= 4 is 34.3 Å². The molecule has 2 amide bonds. The Balaban J connectivity index is 1.51. The van der Waals surface area contributed by atoms with Crippen molar-refractivity contribution in [1.29, 1.82) is 0 Å². The zero-order chi connectivity index (χ0) is 18.1. The Labute approximate surface area is 157 Å². The van der Waals surface area contributed by atoms with Crippen LogP contribution in [0.1, 0.15) is 47.3 Å². The van der Waals surface area contributed by atoms with Crippen molar-refractivity contribution in [3.05, 3.63) is 40.0 Å². The van der Waals surface area contributed by atoms with E-state index in [9.17, 15) is 9.59 Å². The fraction of sp³-hybridized carbons (Fsp3) is 0.450. The van der Waals surface area contributed by atoms with Crippen molar-refractivity contribution < 1.29 is 9.59 Å². The number of rotatable bonds is 5. The first-order valence-electron chi connectivity index (χ1n) is 9.30. The molecule has 0 spiro atoms. The van der Waals surface area contributed by atoms with Crippen LogP contribution in [-0.2, 0) is 17.6 Å². The van der Waals surface area contributed by atoms with Crippen molar-refractivity contribution in [3.63, 3.8) is 0 Å². The van der Waals surface area contributed by atoms with Crippen LogP contribution in [0.4, 0.5) is 0 Å². The Morgan fingerprint density at radius 3 is 2.92 bits per heavy atom. The smallest absolute Gasteiger partial charge is 0.252 e. The van der Waals surface area contributed by atoms with Crippen LogP contribution in [0.5, 0.6) is 0 Å². The first kappa shape index (κ1) is 17.3. The minimum Gasteiger partial charge on any atom is -0.352 e. The van der Waals surface area contributed by atoms with E-state index in [0.29, 0.717) is 24.5 Å². The number of fused-ring (bicyclic) bond motifs is 2. The van der Waals surface area contributed by atoms with Crippen LogP contribution in [0.3, 0.4) is 0 Å². The number of benzene rings is 1. The third-order valence-corrected chi connectivity index (χ3v) is 5.50. The van der Waals surface area contributed by atoms with Crippen molar-refractivity contribution in [1.82, 2.24) is 15.2 Å². The van der Waals surface area contributed by atoms with Gasteiger partial charge in [0, 0.05) is 42.2 Å². The second kappa shape index (κ2) is 7.23. The third-order valence-electron chi connectivity index (χ3n) is 5.26. The molecule has 0 bridgehead atoms. The van der Waals surface area contributed by atoms with Gasteiger partial charge in [0.05, 0.1) is 11.1 Å². The highest BCUT2D eigenvalue weighted by Gasteiger charge is 2.24. The highest BCUT2D eigenvalue weighted by Crippen LogP contribution is 2.31. The molecular formula is C20H22ClN3O2. The van der Waals surface area contributed by atoms with Gasteiger partial charge in [0.1, 0.15) is 0 Å². The van der Waals surface area contributed by atoms with E-state index in [-0.39, 0.29) is 11.8 Å². The van der Waals surface area contributed by atoms with Crippen LogP contribution in [0.2, 0.25) is 5.02 Å². The number of hydrogen-bond donors (Lipinski definition) is 1. The summed E-state index contributed by atoms with van der Waals surface area (Å²) in [5, 5.41) is 4.47. The number of aromatic nitrogens is 1. The van der Waals surface area contributed by atoms with Gasteiger partial charge in [-0.1, -0.05) is 11.6 Å². The molecule has 0 atom stereocenters. The SMILES string of the molecule is O=C(NCCCN1CCCC1=O)c1c2c(nc3ccc(Cl)cc13)CCC2. The molecule has 1 aromatic heterocycles. The molecule has 1 aliphatic carbocycles. The van der Waals surface area contributed by atoms with E-state index in [1.807, 2.05) is 23.1 Å². The van der Waals surface area contributed by atoms with E-state index in [4.69, 9.17) is 16.6 Å². The summed E-state index contributed by atoms with van der Waals surface area (Å²) in [4.78, 5) is 31.2. The lowest BCUT2D eigenvalue weighted by atomic mass is 10.0. The quantitative estimate of drug-likeness (QED) is 0.821. The molecule has 5 nitrogen and oxygen atoms in total. The summed E-state index contributed by atoms with van der Waals surface area (Å²) in [6, 6.07) is 5.53. The predicted octanol–water partition coefficient (Wildman–Crippen LogP) is 3.12. The van der Waals surface area contributed by atoms with Gasteiger partial charge >= 0.3 is 0 Å². The van der Waals surface area contributed by atoms with Crippen LogP contribution in [0.15, 0.2) is 18.2 Å². The van der Waals surface area contributed by atoms with Crippen molar-refractivity contribution in [2.24, 2.45) is 0 Å². The molecule has 1 aliphatic heterocycles. The van der Waals surface area contributed by atoms with Crippen LogP contribution in [0.25, 0.3) is 10.9 Å². The summed E-state index contributed by atoms with van der Waals surface area (Å²) in [5.41, 5.74) is 3.64. The van der Waals surface area contributed by atoms with Gasteiger partial charge in [-0.25, -0.2) is 0 Å². The summed E-state index contributed by atoms with van der Waals surface area (Å²) in [6.07, 6.45) is 5.21. The standard InChI is InChI=1S/C20H22ClN3O2/c21-13-7-8-17-15(12-13)19(14-4-1-5-16(14)23-17)20(26)22-9-3-11-24-10-2-6-18(24)25/h7-8,12H,1-6,9-11H2,(H,22,26). The molecule has 2 aromatic rings. The molecule has 1 aromatic carbocycles. The van der Waals surface area contributed by atoms with E-state index in [2.05, 4.69) is 5.32 Å². The van der Waals surface area contributed by atoms with Gasteiger partial charge in [0.25, 0.3) is 5.91 Å². The highest BCUT2D eigenvalue weighted by molar-refractivity contribution is 6.31. The van der Waals surface area contributed by atoms with Gasteiger partial charge in [0.2, 0.25) is 5.91 Å². The third kappa shape index (κ3) is 3.28. The second-order valence-electron chi connectivity index (χ2n) is 7.02. The average molecular weight is 372 g/mol. The Kier molecular flexibility index (Phi) is 4.81. The normalized spacial score (nSPS) is 16.3. The number of hydrogen-bond acceptors (Lipinski definition) is 3. The van der Waals surface area contributed by atoms with Crippen LogP contribution < -0.4 is 5.32 Å². The number of amides is 2. The van der Waals surface area contributed by atoms with Crippen LogP contribution in [0, 0.1) is 0 Å². The molecule has 0 radical (unpaired) electrons. The van der Waals surface area contributed by atoms with E-state index in [1.165, 1.54) is 0 Å². The minimum absolute atomic E-state index is 0.0643. The predicted molar refractivity (Wildman–Crippen MR) is 102 cm³/mol. The van der Waals surface area contributed by atoms with E-state index in [1.54, 1.807) is 0 Å². The second-order valence-corrected chi connectivity index (χ2v) is 7.46. The minimum atomic E-state index is -0.0643. The van der Waals surface area contributed by atoms with Gasteiger partial charge in [-0.15, -0.1) is 0 Å². The first-order chi connectivity index (χ1) is 12.6. The molecule has 1 fully saturated rings. The molecule has 1 N–H and O–H groups in total. The number of carbonyl (C=O) groups excluding carboxylic acids is 2. The zero-order valence-corrected chi connectivity index (χ0v) is 15.4. The molecule has 0 saturated carbocycles. The van der Waals surface area contributed by atoms with E-state index in [0.717, 1.165) is 66.4 Å². The van der Waals surface area contributed by atoms with Crippen molar-refractivity contribution in [2.45, 2.75) is 38.5 Å². The monoisotopic (exact) mass is 371 g/mol. The number of aryl methyl sites for hydroxylation is 1. The number of nitrogens with zero attached hydrogens (tertiary/aromatic N) is 2. The number of pyridine rings is 1. The topological polar surface area (TPSA) is 62.3 Å². The first-order valence-corrected chi connectivity index (χ1v) is 9.68. The Morgan fingerprint density at radius 1 is 1.23 bits per heavy atom. The zero-order valence-electron chi connectivity index (χ0n) is 14.7. The summed E-state index contributed by atoms with van der Waals surface area (Å²) in [5.74, 6) is 0.162. The molecule has 6 heteroatoms. The maximum absolute atomic E-state index is 12.9. The molecule has 136 valence electrons. The van der Waals surface area contributed by atoms with Gasteiger partial charge in [-0.2, -0.15) is 0 Å². The molecule has 2 heterocycles. The molecule has 26 heavy (non-hydrogen) atoms. The summed E-state index contributed by atoms with van der Waals surface area (Å²) >= 11 is 6.16. The van der Waals surface area contributed by atoms with Crippen LogP contribution in [-0.4, -0.2) is 41.3 Å².